The number of allylic oxidation sites excluding steroid dienone is 4. The Hall–Kier alpha value is -1.62. The van der Waals surface area contributed by atoms with Crippen LogP contribution in [0.2, 0.25) is 0 Å². The number of aliphatic imine (C=N–C) groups is 1. The van der Waals surface area contributed by atoms with Gasteiger partial charge in [-0.25, -0.2) is 0 Å². The van der Waals surface area contributed by atoms with Gasteiger partial charge in [0.1, 0.15) is 0 Å². The topological polar surface area (TPSA) is 65.3 Å². The molecule has 0 saturated heterocycles. The predicted octanol–water partition coefficient (Wildman–Crippen LogP) is 2.83. The van der Waals surface area contributed by atoms with Crippen molar-refractivity contribution in [1.82, 2.24) is 5.32 Å². The van der Waals surface area contributed by atoms with Crippen molar-refractivity contribution in [2.45, 2.75) is 38.0 Å². The average Bonchev–Trinajstić information content (AvgIpc) is 3.20. The van der Waals surface area contributed by atoms with Gasteiger partial charge in [0.15, 0.2) is 5.17 Å². The van der Waals surface area contributed by atoms with Crippen molar-refractivity contribution in [1.29, 1.82) is 5.41 Å². The number of nitrogens with one attached hydrogen (secondary N) is 2. The van der Waals surface area contributed by atoms with Gasteiger partial charge >= 0.3 is 0 Å². The lowest BCUT2D eigenvalue weighted by molar-refractivity contribution is -0.120. The van der Waals surface area contributed by atoms with Crippen molar-refractivity contribution < 1.29 is 4.79 Å². The van der Waals surface area contributed by atoms with Crippen LogP contribution in [0, 0.1) is 11.3 Å². The lowest BCUT2D eigenvalue weighted by Gasteiger charge is -2.17. The Morgan fingerprint density at radius 3 is 2.86 bits per heavy atom. The predicted molar refractivity (Wildman–Crippen MR) is 87.8 cm³/mol. The molecule has 2 N–H and O–H groups in total. The van der Waals surface area contributed by atoms with Gasteiger partial charge in [-0.3, -0.25) is 9.79 Å². The normalized spacial score (nSPS) is 26.6. The number of rotatable bonds is 3. The molecule has 0 bridgehead atoms. The van der Waals surface area contributed by atoms with Crippen LogP contribution in [-0.2, 0) is 4.79 Å². The molecule has 1 heterocycles. The second-order valence-corrected chi connectivity index (χ2v) is 6.98. The van der Waals surface area contributed by atoms with Crippen LogP contribution in [0.1, 0.15) is 26.7 Å². The molecule has 2 aliphatic carbocycles. The first-order valence-electron chi connectivity index (χ1n) is 7.22. The number of fused-ring (bicyclic) bond motifs is 1. The molecule has 0 aromatic carbocycles. The molecule has 4 nitrogen and oxygen atoms in total. The second kappa shape index (κ2) is 5.64. The molecule has 2 unspecified atom stereocenters. The monoisotopic (exact) mass is 301 g/mol. The minimum Gasteiger partial charge on any atom is -0.308 e. The molecule has 0 radical (unpaired) electrons. The lowest BCUT2D eigenvalue weighted by atomic mass is 9.95. The van der Waals surface area contributed by atoms with E-state index in [1.54, 1.807) is 11.8 Å². The summed E-state index contributed by atoms with van der Waals surface area (Å²) in [5.74, 6) is 0.310. The number of amides is 1. The lowest BCUT2D eigenvalue weighted by Crippen LogP contribution is -2.28. The fraction of sp³-hybridized carbons (Fsp3) is 0.438. The van der Waals surface area contributed by atoms with E-state index in [1.165, 1.54) is 6.21 Å². The summed E-state index contributed by atoms with van der Waals surface area (Å²) in [5, 5.41) is 11.4. The summed E-state index contributed by atoms with van der Waals surface area (Å²) in [6.07, 6.45) is 9.66. The van der Waals surface area contributed by atoms with E-state index in [1.807, 2.05) is 19.9 Å². The van der Waals surface area contributed by atoms with Crippen molar-refractivity contribution in [2.24, 2.45) is 10.9 Å². The molecule has 0 spiro atoms. The maximum absolute atomic E-state index is 11.8. The van der Waals surface area contributed by atoms with E-state index in [0.29, 0.717) is 0 Å². The molecular weight excluding hydrogens is 282 g/mol. The first kappa shape index (κ1) is 14.3. The molecule has 1 aliphatic heterocycles. The van der Waals surface area contributed by atoms with E-state index in [4.69, 9.17) is 5.41 Å². The molecule has 3 aliphatic rings. The number of amidine groups is 1. The first-order chi connectivity index (χ1) is 10.1. The van der Waals surface area contributed by atoms with Crippen molar-refractivity contribution in [3.63, 3.8) is 0 Å². The zero-order valence-electron chi connectivity index (χ0n) is 12.2. The summed E-state index contributed by atoms with van der Waals surface area (Å²) < 4.78 is 0. The molecule has 3 rings (SSSR count). The van der Waals surface area contributed by atoms with Gasteiger partial charge in [0.2, 0.25) is 5.91 Å². The van der Waals surface area contributed by atoms with Crippen LogP contribution in [0.15, 0.2) is 39.9 Å². The molecule has 0 aromatic heterocycles. The summed E-state index contributed by atoms with van der Waals surface area (Å²) in [6, 6.07) is 0.0948. The summed E-state index contributed by atoms with van der Waals surface area (Å²) in [7, 11) is 0. The first-order valence-corrected chi connectivity index (χ1v) is 8.10. The highest BCUT2D eigenvalue weighted by atomic mass is 32.2. The van der Waals surface area contributed by atoms with Gasteiger partial charge in [-0.1, -0.05) is 35.6 Å². The largest absolute Gasteiger partial charge is 0.308 e. The van der Waals surface area contributed by atoms with E-state index in [2.05, 4.69) is 22.5 Å². The summed E-state index contributed by atoms with van der Waals surface area (Å²) in [6.45, 7) is 4.03. The van der Waals surface area contributed by atoms with E-state index in [9.17, 15) is 4.79 Å². The highest BCUT2D eigenvalue weighted by Gasteiger charge is 2.34. The number of thioether (sulfide) groups is 1. The fourth-order valence-corrected chi connectivity index (χ4v) is 3.57. The molecule has 21 heavy (non-hydrogen) atoms. The molecule has 1 fully saturated rings. The van der Waals surface area contributed by atoms with Gasteiger partial charge in [0.05, 0.1) is 11.3 Å². The SMILES string of the molecule is CC(C)=C(C=N)C1=CC2SC(NC(=O)C3CC3)=NC2C=C1. The van der Waals surface area contributed by atoms with Crippen LogP contribution in [0.5, 0.6) is 0 Å². The smallest absolute Gasteiger partial charge is 0.229 e. The number of hydrogen-bond acceptors (Lipinski definition) is 4. The van der Waals surface area contributed by atoms with E-state index < -0.39 is 0 Å². The van der Waals surface area contributed by atoms with Crippen LogP contribution >= 0.6 is 11.8 Å². The van der Waals surface area contributed by atoms with Crippen LogP contribution < -0.4 is 5.32 Å². The van der Waals surface area contributed by atoms with Crippen LogP contribution in [-0.4, -0.2) is 28.6 Å². The van der Waals surface area contributed by atoms with E-state index in [0.717, 1.165) is 34.7 Å². The Morgan fingerprint density at radius 2 is 2.24 bits per heavy atom. The van der Waals surface area contributed by atoms with Crippen molar-refractivity contribution >= 4 is 29.1 Å². The number of carbonyl (C=O) groups excluding carboxylic acids is 1. The van der Waals surface area contributed by atoms with Gasteiger partial charge in [-0.2, -0.15) is 0 Å². The zero-order chi connectivity index (χ0) is 15.0. The van der Waals surface area contributed by atoms with Gasteiger partial charge in [-0.15, -0.1) is 0 Å². The Bertz CT molecular complexity index is 607. The third-order valence-corrected chi connectivity index (χ3v) is 4.96. The van der Waals surface area contributed by atoms with Crippen molar-refractivity contribution in [2.75, 3.05) is 0 Å². The van der Waals surface area contributed by atoms with Crippen LogP contribution in [0.3, 0.4) is 0 Å². The minimum absolute atomic E-state index is 0.0948. The highest BCUT2D eigenvalue weighted by molar-refractivity contribution is 8.14. The van der Waals surface area contributed by atoms with E-state index >= 15 is 0 Å². The van der Waals surface area contributed by atoms with Crippen molar-refractivity contribution in [3.05, 3.63) is 34.9 Å². The second-order valence-electron chi connectivity index (χ2n) is 5.81. The maximum atomic E-state index is 11.8. The number of hydrogen-bond donors (Lipinski definition) is 2. The van der Waals surface area contributed by atoms with Crippen LogP contribution in [0.4, 0.5) is 0 Å². The minimum atomic E-state index is 0.0948. The Morgan fingerprint density at radius 1 is 1.48 bits per heavy atom. The maximum Gasteiger partial charge on any atom is 0.229 e. The molecule has 1 amide bonds. The molecule has 2 atom stereocenters. The summed E-state index contributed by atoms with van der Waals surface area (Å²) >= 11 is 1.60. The van der Waals surface area contributed by atoms with Gasteiger partial charge in [0, 0.05) is 12.1 Å². The third kappa shape index (κ3) is 3.02. The highest BCUT2D eigenvalue weighted by Crippen LogP contribution is 2.35. The number of nitrogens with zero attached hydrogens (tertiary/aromatic N) is 1. The third-order valence-electron chi connectivity index (χ3n) is 3.84. The average molecular weight is 301 g/mol. The molecular formula is C16H19N3OS. The Balaban J connectivity index is 1.71. The molecule has 110 valence electrons. The number of carbonyl (C=O) groups is 1. The van der Waals surface area contributed by atoms with Gasteiger partial charge < -0.3 is 10.7 Å². The summed E-state index contributed by atoms with van der Waals surface area (Å²) in [4.78, 5) is 16.4. The van der Waals surface area contributed by atoms with Gasteiger partial charge in [-0.05, 0) is 37.8 Å². The zero-order valence-corrected chi connectivity index (χ0v) is 13.0. The van der Waals surface area contributed by atoms with Crippen molar-refractivity contribution in [3.8, 4) is 0 Å². The summed E-state index contributed by atoms with van der Waals surface area (Å²) in [5.41, 5.74) is 3.16. The molecule has 5 heteroatoms. The Labute approximate surface area is 129 Å². The van der Waals surface area contributed by atoms with Crippen LogP contribution in [0.25, 0.3) is 0 Å². The fourth-order valence-electron chi connectivity index (χ4n) is 2.47. The molecule has 0 aromatic rings. The quantitative estimate of drug-likeness (QED) is 0.787. The molecule has 1 saturated carbocycles. The Kier molecular flexibility index (Phi) is 3.85. The standard InChI is InChI=1S/C16H19N3OS/c1-9(2)12(8-17)11-5-6-13-14(7-11)21-16(18-13)19-15(20)10-3-4-10/h5-8,10,13-14,17H,3-4H2,1-2H3,(H,18,19,20). The van der Waals surface area contributed by atoms with Gasteiger partial charge in [0.25, 0.3) is 0 Å². The van der Waals surface area contributed by atoms with E-state index in [-0.39, 0.29) is 23.1 Å².